The highest BCUT2D eigenvalue weighted by atomic mass is 16.6. The lowest BCUT2D eigenvalue weighted by Crippen LogP contribution is -2.44. The zero-order chi connectivity index (χ0) is 30.3. The third-order valence-electron chi connectivity index (χ3n) is 5.79. The predicted octanol–water partition coefficient (Wildman–Crippen LogP) is 3.16. The third kappa shape index (κ3) is 8.02. The minimum atomic E-state index is -0.785. The second kappa shape index (κ2) is 12.8. The molecule has 0 aliphatic rings. The van der Waals surface area contributed by atoms with Crippen LogP contribution in [0.4, 0.5) is 4.79 Å². The summed E-state index contributed by atoms with van der Waals surface area (Å²) >= 11 is 0. The van der Waals surface area contributed by atoms with E-state index in [-0.39, 0.29) is 17.0 Å². The molecule has 0 aliphatic carbocycles. The Balaban J connectivity index is 1.51. The maximum Gasteiger partial charge on any atom is 0.426 e. The second-order valence-electron chi connectivity index (χ2n) is 10.3. The Morgan fingerprint density at radius 2 is 1.71 bits per heavy atom. The summed E-state index contributed by atoms with van der Waals surface area (Å²) in [7, 11) is 0. The van der Waals surface area contributed by atoms with Crippen LogP contribution in [0.3, 0.4) is 0 Å². The van der Waals surface area contributed by atoms with Crippen molar-refractivity contribution in [3.8, 4) is 23.1 Å². The quantitative estimate of drug-likeness (QED) is 0.249. The minimum Gasteiger partial charge on any atom is -0.443 e. The summed E-state index contributed by atoms with van der Waals surface area (Å²) in [5.41, 5.74) is 7.12. The van der Waals surface area contributed by atoms with Crippen LogP contribution >= 0.6 is 0 Å². The Bertz CT molecular complexity index is 1760. The molecule has 3 N–H and O–H groups in total. The Morgan fingerprint density at radius 1 is 0.976 bits per heavy atom. The van der Waals surface area contributed by atoms with Gasteiger partial charge in [-0.1, -0.05) is 24.0 Å². The van der Waals surface area contributed by atoms with E-state index < -0.39 is 17.6 Å². The molecule has 0 saturated heterocycles. The maximum absolute atomic E-state index is 13.0. The molecule has 0 spiro atoms. The summed E-state index contributed by atoms with van der Waals surface area (Å²) in [4.78, 5) is 57.2. The van der Waals surface area contributed by atoms with Crippen molar-refractivity contribution in [2.24, 2.45) is 0 Å². The van der Waals surface area contributed by atoms with Crippen LogP contribution in [-0.2, 0) is 16.1 Å². The normalized spacial score (nSPS) is 10.8. The van der Waals surface area contributed by atoms with Gasteiger partial charge >= 0.3 is 6.09 Å². The molecule has 1 aromatic carbocycles. The number of carbonyl (C=O) groups is 3. The third-order valence-corrected chi connectivity index (χ3v) is 5.79. The average molecular weight is 567 g/mol. The number of hydrogen-bond acceptors (Lipinski definition) is 7. The number of aromatic nitrogens is 3. The van der Waals surface area contributed by atoms with Crippen LogP contribution in [0.1, 0.15) is 49.2 Å². The first-order valence-corrected chi connectivity index (χ1v) is 13.1. The molecule has 0 saturated carbocycles. The van der Waals surface area contributed by atoms with Gasteiger partial charge < -0.3 is 14.6 Å². The zero-order valence-corrected chi connectivity index (χ0v) is 23.6. The molecule has 0 aliphatic heterocycles. The van der Waals surface area contributed by atoms with E-state index in [0.717, 1.165) is 11.1 Å². The first-order chi connectivity index (χ1) is 20.0. The molecule has 0 bridgehead atoms. The Kier molecular flexibility index (Phi) is 8.97. The molecule has 3 heterocycles. The summed E-state index contributed by atoms with van der Waals surface area (Å²) in [5.74, 6) is 5.34. The van der Waals surface area contributed by atoms with Gasteiger partial charge in [0, 0.05) is 66.7 Å². The predicted molar refractivity (Wildman–Crippen MR) is 157 cm³/mol. The largest absolute Gasteiger partial charge is 0.443 e. The topological polar surface area (TPSA) is 144 Å². The summed E-state index contributed by atoms with van der Waals surface area (Å²) < 4.78 is 6.67. The Morgan fingerprint density at radius 3 is 2.40 bits per heavy atom. The van der Waals surface area contributed by atoms with Crippen LogP contribution in [0, 0.1) is 11.8 Å². The van der Waals surface area contributed by atoms with Crippen LogP contribution < -0.4 is 21.7 Å². The standard InChI is InChI=1S/C31H30N6O5/c1-20(38)33-14-16-37-15-12-22(17-28(37)39)6-5-21-7-9-23(10-8-21)27-18-24(25-19-32-13-11-26(25)34-27)29(40)35-36-30(41)42-31(2,3)4/h7-13,15,17-19H,14,16H2,1-4H3,(H,33,38)(H,35,40)(H,36,41). The van der Waals surface area contributed by atoms with Gasteiger partial charge in [0.05, 0.1) is 16.8 Å². The number of rotatable bonds is 5. The molecule has 0 radical (unpaired) electrons. The van der Waals surface area contributed by atoms with Crippen molar-refractivity contribution in [1.29, 1.82) is 0 Å². The summed E-state index contributed by atoms with van der Waals surface area (Å²) in [6, 6.07) is 13.8. The zero-order valence-electron chi connectivity index (χ0n) is 23.6. The molecule has 0 fully saturated rings. The molecule has 0 atom stereocenters. The monoisotopic (exact) mass is 566 g/mol. The van der Waals surface area contributed by atoms with Crippen LogP contribution in [0.25, 0.3) is 22.2 Å². The fourth-order valence-corrected chi connectivity index (χ4v) is 3.87. The Labute approximate surface area is 242 Å². The molecular weight excluding hydrogens is 536 g/mol. The highest BCUT2D eigenvalue weighted by Crippen LogP contribution is 2.24. The van der Waals surface area contributed by atoms with Crippen molar-refractivity contribution in [3.63, 3.8) is 0 Å². The first-order valence-electron chi connectivity index (χ1n) is 13.1. The number of amides is 3. The van der Waals surface area contributed by atoms with Gasteiger partial charge in [0.1, 0.15) is 5.60 Å². The highest BCUT2D eigenvalue weighted by molar-refractivity contribution is 6.07. The number of benzene rings is 1. The van der Waals surface area contributed by atoms with Crippen molar-refractivity contribution in [3.05, 3.63) is 94.2 Å². The molecule has 3 amide bonds. The Hall–Kier alpha value is -5.50. The van der Waals surface area contributed by atoms with Crippen molar-refractivity contribution in [2.75, 3.05) is 6.54 Å². The lowest BCUT2D eigenvalue weighted by molar-refractivity contribution is -0.119. The maximum atomic E-state index is 13.0. The number of ether oxygens (including phenoxy) is 1. The fourth-order valence-electron chi connectivity index (χ4n) is 3.87. The van der Waals surface area contributed by atoms with E-state index in [1.807, 2.05) is 24.3 Å². The van der Waals surface area contributed by atoms with Crippen LogP contribution in [0.2, 0.25) is 0 Å². The minimum absolute atomic E-state index is 0.149. The highest BCUT2D eigenvalue weighted by Gasteiger charge is 2.18. The van der Waals surface area contributed by atoms with Gasteiger partial charge in [0.15, 0.2) is 0 Å². The number of fused-ring (bicyclic) bond motifs is 1. The van der Waals surface area contributed by atoms with Gasteiger partial charge in [-0.15, -0.1) is 0 Å². The SMILES string of the molecule is CC(=O)NCCn1ccc(C#Cc2ccc(-c3cc(C(=O)NNC(=O)OC(C)(C)C)c4cnccc4n3)cc2)cc1=O. The molecule has 11 nitrogen and oxygen atoms in total. The fraction of sp³-hybridized carbons (Fsp3) is 0.226. The summed E-state index contributed by atoms with van der Waals surface area (Å²) in [6.45, 7) is 7.32. The van der Waals surface area contributed by atoms with E-state index >= 15 is 0 Å². The van der Waals surface area contributed by atoms with Crippen molar-refractivity contribution >= 4 is 28.8 Å². The van der Waals surface area contributed by atoms with E-state index in [1.54, 1.807) is 51.4 Å². The molecule has 42 heavy (non-hydrogen) atoms. The molecule has 214 valence electrons. The van der Waals surface area contributed by atoms with Gasteiger partial charge in [0.25, 0.3) is 11.5 Å². The molecule has 0 unspecified atom stereocenters. The number of nitrogens with one attached hydrogen (secondary N) is 3. The summed E-state index contributed by atoms with van der Waals surface area (Å²) in [5, 5.41) is 3.18. The van der Waals surface area contributed by atoms with E-state index in [2.05, 4.69) is 38.0 Å². The average Bonchev–Trinajstić information content (AvgIpc) is 2.94. The van der Waals surface area contributed by atoms with E-state index in [0.29, 0.717) is 35.2 Å². The first kappa shape index (κ1) is 29.5. The van der Waals surface area contributed by atoms with Gasteiger partial charge in [-0.25, -0.2) is 15.2 Å². The van der Waals surface area contributed by atoms with Crippen molar-refractivity contribution < 1.29 is 19.1 Å². The lowest BCUT2D eigenvalue weighted by atomic mass is 10.0. The molecule has 3 aromatic heterocycles. The van der Waals surface area contributed by atoms with Crippen LogP contribution in [0.15, 0.2) is 71.9 Å². The summed E-state index contributed by atoms with van der Waals surface area (Å²) in [6.07, 6.45) is 3.98. The number of carbonyl (C=O) groups excluding carboxylic acids is 3. The number of pyridine rings is 3. The van der Waals surface area contributed by atoms with E-state index in [4.69, 9.17) is 4.74 Å². The molecule has 11 heteroatoms. The van der Waals surface area contributed by atoms with Gasteiger partial charge in [-0.2, -0.15) is 0 Å². The van der Waals surface area contributed by atoms with E-state index in [1.165, 1.54) is 23.8 Å². The van der Waals surface area contributed by atoms with E-state index in [9.17, 15) is 19.2 Å². The van der Waals surface area contributed by atoms with Gasteiger partial charge in [-0.05, 0) is 51.1 Å². The number of hydrogen-bond donors (Lipinski definition) is 3. The van der Waals surface area contributed by atoms with Crippen LogP contribution in [0.5, 0.6) is 0 Å². The second-order valence-corrected chi connectivity index (χ2v) is 10.3. The number of nitrogens with zero attached hydrogens (tertiary/aromatic N) is 3. The van der Waals surface area contributed by atoms with Crippen LogP contribution in [-0.4, -0.2) is 44.6 Å². The molecule has 4 aromatic rings. The molecule has 4 rings (SSSR count). The van der Waals surface area contributed by atoms with Gasteiger partial charge in [-0.3, -0.25) is 24.8 Å². The molecular formula is C31H30N6O5. The number of hydrazine groups is 1. The van der Waals surface area contributed by atoms with Crippen molar-refractivity contribution in [1.82, 2.24) is 30.7 Å². The van der Waals surface area contributed by atoms with Crippen molar-refractivity contribution in [2.45, 2.75) is 39.8 Å². The smallest absolute Gasteiger partial charge is 0.426 e. The van der Waals surface area contributed by atoms with Gasteiger partial charge in [0.2, 0.25) is 5.91 Å². The lowest BCUT2D eigenvalue weighted by Gasteiger charge is -2.19.